The van der Waals surface area contributed by atoms with Crippen molar-refractivity contribution in [1.29, 1.82) is 0 Å². The van der Waals surface area contributed by atoms with E-state index in [-0.39, 0.29) is 23.1 Å². The first-order valence-corrected chi connectivity index (χ1v) is 8.65. The molecule has 0 fully saturated rings. The predicted octanol–water partition coefficient (Wildman–Crippen LogP) is 3.88. The van der Waals surface area contributed by atoms with Crippen molar-refractivity contribution in [2.24, 2.45) is 0 Å². The lowest BCUT2D eigenvalue weighted by molar-refractivity contribution is -0.119. The van der Waals surface area contributed by atoms with Gasteiger partial charge in [0.25, 0.3) is 5.91 Å². The SMILES string of the molecule is COc1cc(C(=O)OCC(=O)Nc2ccccc2OC(F)F)ccc1OC(C)C. The smallest absolute Gasteiger partial charge is 0.387 e. The van der Waals surface area contributed by atoms with Gasteiger partial charge in [0.2, 0.25) is 0 Å². The van der Waals surface area contributed by atoms with Crippen LogP contribution in [0.2, 0.25) is 0 Å². The number of rotatable bonds is 9. The fourth-order valence-corrected chi connectivity index (χ4v) is 2.32. The first kappa shape index (κ1) is 21.9. The Morgan fingerprint density at radius 1 is 1.00 bits per heavy atom. The van der Waals surface area contributed by atoms with Gasteiger partial charge in [-0.3, -0.25) is 4.79 Å². The molecule has 156 valence electrons. The Balaban J connectivity index is 1.98. The Labute approximate surface area is 166 Å². The number of hydrogen-bond donors (Lipinski definition) is 1. The number of para-hydroxylation sites is 2. The second-order valence-corrected chi connectivity index (χ2v) is 6.03. The molecule has 1 N–H and O–H groups in total. The van der Waals surface area contributed by atoms with Crippen molar-refractivity contribution < 1.29 is 37.3 Å². The molecule has 0 spiro atoms. The Kier molecular flexibility index (Phi) is 7.76. The molecule has 7 nitrogen and oxygen atoms in total. The van der Waals surface area contributed by atoms with Crippen LogP contribution < -0.4 is 19.5 Å². The van der Waals surface area contributed by atoms with Crippen LogP contribution in [-0.4, -0.2) is 38.3 Å². The van der Waals surface area contributed by atoms with E-state index in [0.717, 1.165) is 0 Å². The molecule has 9 heteroatoms. The maximum Gasteiger partial charge on any atom is 0.387 e. The minimum absolute atomic E-state index is 0.0331. The summed E-state index contributed by atoms with van der Waals surface area (Å²) in [7, 11) is 1.43. The molecule has 0 aliphatic rings. The van der Waals surface area contributed by atoms with Gasteiger partial charge in [-0.25, -0.2) is 4.79 Å². The summed E-state index contributed by atoms with van der Waals surface area (Å²) in [6.07, 6.45) is -0.0812. The Hall–Kier alpha value is -3.36. The summed E-state index contributed by atoms with van der Waals surface area (Å²) in [5.74, 6) is -0.863. The average Bonchev–Trinajstić information content (AvgIpc) is 2.67. The largest absolute Gasteiger partial charge is 0.493 e. The van der Waals surface area contributed by atoms with Gasteiger partial charge in [-0.2, -0.15) is 8.78 Å². The number of ether oxygens (including phenoxy) is 4. The predicted molar refractivity (Wildman–Crippen MR) is 101 cm³/mol. The van der Waals surface area contributed by atoms with Crippen LogP contribution in [0.3, 0.4) is 0 Å². The van der Waals surface area contributed by atoms with Crippen LogP contribution >= 0.6 is 0 Å². The quantitative estimate of drug-likeness (QED) is 0.633. The van der Waals surface area contributed by atoms with Gasteiger partial charge in [0.05, 0.1) is 24.5 Å². The van der Waals surface area contributed by atoms with Crippen molar-refractivity contribution in [3.05, 3.63) is 48.0 Å². The summed E-state index contributed by atoms with van der Waals surface area (Å²) in [5.41, 5.74) is 0.192. The summed E-state index contributed by atoms with van der Waals surface area (Å²) in [6.45, 7) is 0.0487. The Morgan fingerprint density at radius 2 is 1.72 bits per heavy atom. The summed E-state index contributed by atoms with van der Waals surface area (Å²) in [6, 6.07) is 10.2. The third-order valence-corrected chi connectivity index (χ3v) is 3.47. The lowest BCUT2D eigenvalue weighted by atomic mass is 10.2. The maximum atomic E-state index is 12.4. The molecular weight excluding hydrogens is 388 g/mol. The maximum absolute atomic E-state index is 12.4. The molecule has 29 heavy (non-hydrogen) atoms. The summed E-state index contributed by atoms with van der Waals surface area (Å²) in [5, 5.41) is 2.36. The number of anilines is 1. The molecule has 0 bridgehead atoms. The molecule has 0 aromatic heterocycles. The van der Waals surface area contributed by atoms with Gasteiger partial charge in [0, 0.05) is 0 Å². The molecule has 2 aromatic rings. The van der Waals surface area contributed by atoms with Crippen LogP contribution in [-0.2, 0) is 9.53 Å². The van der Waals surface area contributed by atoms with E-state index in [1.54, 1.807) is 6.07 Å². The van der Waals surface area contributed by atoms with Crippen LogP contribution in [0.5, 0.6) is 17.2 Å². The zero-order chi connectivity index (χ0) is 21.4. The second-order valence-electron chi connectivity index (χ2n) is 6.03. The third kappa shape index (κ3) is 6.63. The molecule has 2 aromatic carbocycles. The highest BCUT2D eigenvalue weighted by atomic mass is 19.3. The standard InChI is InChI=1S/C20H21F2NO6/c1-12(2)28-16-9-8-13(10-17(16)26-3)19(25)27-11-18(24)23-14-6-4-5-7-15(14)29-20(21)22/h4-10,12,20H,11H2,1-3H3,(H,23,24). The van der Waals surface area contributed by atoms with Gasteiger partial charge >= 0.3 is 12.6 Å². The minimum atomic E-state index is -3.04. The number of carbonyl (C=O) groups is 2. The molecule has 0 radical (unpaired) electrons. The van der Waals surface area contributed by atoms with Crippen LogP contribution in [0.15, 0.2) is 42.5 Å². The van der Waals surface area contributed by atoms with Gasteiger partial charge in [-0.15, -0.1) is 0 Å². The number of amides is 1. The van der Waals surface area contributed by atoms with Crippen LogP contribution in [0, 0.1) is 0 Å². The lowest BCUT2D eigenvalue weighted by Gasteiger charge is -2.14. The van der Waals surface area contributed by atoms with Crippen LogP contribution in [0.1, 0.15) is 24.2 Å². The van der Waals surface area contributed by atoms with E-state index in [2.05, 4.69) is 10.1 Å². The summed E-state index contributed by atoms with van der Waals surface area (Å²) < 4.78 is 44.9. The van der Waals surface area contributed by atoms with Gasteiger partial charge in [0.1, 0.15) is 5.75 Å². The molecule has 0 heterocycles. The average molecular weight is 409 g/mol. The van der Waals surface area contributed by atoms with Gasteiger partial charge in [-0.05, 0) is 44.2 Å². The molecule has 0 aliphatic carbocycles. The number of nitrogens with one attached hydrogen (secondary N) is 1. The molecule has 1 amide bonds. The molecular formula is C20H21F2NO6. The molecule has 0 saturated heterocycles. The van der Waals surface area contributed by atoms with E-state index in [4.69, 9.17) is 14.2 Å². The Bertz CT molecular complexity index is 857. The zero-order valence-electron chi connectivity index (χ0n) is 16.1. The Morgan fingerprint density at radius 3 is 2.38 bits per heavy atom. The van der Waals surface area contributed by atoms with Crippen LogP contribution in [0.4, 0.5) is 14.5 Å². The summed E-state index contributed by atoms with van der Waals surface area (Å²) >= 11 is 0. The van der Waals surface area contributed by atoms with E-state index < -0.39 is 25.1 Å². The zero-order valence-corrected chi connectivity index (χ0v) is 16.1. The number of alkyl halides is 2. The van der Waals surface area contributed by atoms with Crippen molar-refractivity contribution in [2.75, 3.05) is 19.0 Å². The van der Waals surface area contributed by atoms with E-state index in [1.807, 2.05) is 13.8 Å². The molecule has 0 atom stereocenters. The summed E-state index contributed by atoms with van der Waals surface area (Å²) in [4.78, 5) is 24.2. The van der Waals surface area contributed by atoms with Crippen molar-refractivity contribution in [3.63, 3.8) is 0 Å². The number of esters is 1. The van der Waals surface area contributed by atoms with E-state index in [0.29, 0.717) is 11.5 Å². The van der Waals surface area contributed by atoms with Gasteiger partial charge < -0.3 is 24.3 Å². The van der Waals surface area contributed by atoms with Crippen molar-refractivity contribution >= 4 is 17.6 Å². The normalized spacial score (nSPS) is 10.6. The topological polar surface area (TPSA) is 83.1 Å². The highest BCUT2D eigenvalue weighted by Crippen LogP contribution is 2.29. The highest BCUT2D eigenvalue weighted by Gasteiger charge is 2.16. The number of halogens is 2. The fourth-order valence-electron chi connectivity index (χ4n) is 2.32. The second kappa shape index (κ2) is 10.3. The fraction of sp³-hybridized carbons (Fsp3) is 0.300. The molecule has 2 rings (SSSR count). The lowest BCUT2D eigenvalue weighted by Crippen LogP contribution is -2.21. The molecule has 0 aliphatic heterocycles. The number of methoxy groups -OCH3 is 1. The van der Waals surface area contributed by atoms with Crippen molar-refractivity contribution in [3.8, 4) is 17.2 Å². The van der Waals surface area contributed by atoms with E-state index in [9.17, 15) is 18.4 Å². The van der Waals surface area contributed by atoms with Crippen molar-refractivity contribution in [2.45, 2.75) is 26.6 Å². The first-order chi connectivity index (χ1) is 13.8. The number of hydrogen-bond acceptors (Lipinski definition) is 6. The molecule has 0 unspecified atom stereocenters. The van der Waals surface area contributed by atoms with E-state index in [1.165, 1.54) is 43.5 Å². The molecule has 0 saturated carbocycles. The monoisotopic (exact) mass is 409 g/mol. The van der Waals surface area contributed by atoms with Crippen LogP contribution in [0.25, 0.3) is 0 Å². The minimum Gasteiger partial charge on any atom is -0.493 e. The van der Waals surface area contributed by atoms with E-state index >= 15 is 0 Å². The van der Waals surface area contributed by atoms with Gasteiger partial charge in [-0.1, -0.05) is 12.1 Å². The third-order valence-electron chi connectivity index (χ3n) is 3.47. The number of carbonyl (C=O) groups excluding carboxylic acids is 2. The highest BCUT2D eigenvalue weighted by molar-refractivity contribution is 5.96. The van der Waals surface area contributed by atoms with Gasteiger partial charge in [0.15, 0.2) is 18.1 Å². The van der Waals surface area contributed by atoms with Crippen molar-refractivity contribution in [1.82, 2.24) is 0 Å². The number of benzene rings is 2. The first-order valence-electron chi connectivity index (χ1n) is 8.65.